The van der Waals surface area contributed by atoms with Gasteiger partial charge < -0.3 is 63.3 Å². The van der Waals surface area contributed by atoms with Crippen molar-refractivity contribution in [2.75, 3.05) is 20.1 Å². The van der Waals surface area contributed by atoms with Crippen LogP contribution in [0, 0.1) is 0 Å². The van der Waals surface area contributed by atoms with Gasteiger partial charge in [0.2, 0.25) is 0 Å². The van der Waals surface area contributed by atoms with E-state index in [9.17, 15) is 43.1 Å². The van der Waals surface area contributed by atoms with E-state index in [-0.39, 0.29) is 67.3 Å². The maximum Gasteiger partial charge on any atom is 0.471 e. The molecule has 2 aromatic carbocycles. The van der Waals surface area contributed by atoms with E-state index in [1.807, 2.05) is 60.7 Å². The van der Waals surface area contributed by atoms with Crippen LogP contribution >= 0.6 is 15.6 Å². The van der Waals surface area contributed by atoms with Crippen molar-refractivity contribution in [3.63, 3.8) is 0 Å². The molecule has 8 heterocycles. The minimum Gasteiger partial charge on any atom is -0.756 e. The molecule has 4 aromatic heterocycles. The summed E-state index contributed by atoms with van der Waals surface area (Å²) in [5.74, 6) is -2.51. The van der Waals surface area contributed by atoms with Gasteiger partial charge in [0, 0.05) is 39.4 Å². The molecule has 0 amide bonds. The van der Waals surface area contributed by atoms with Crippen molar-refractivity contribution in [3.05, 3.63) is 127 Å². The van der Waals surface area contributed by atoms with Crippen molar-refractivity contribution < 1.29 is 86.9 Å². The normalized spacial score (nSPS) is 18.6. The van der Waals surface area contributed by atoms with Gasteiger partial charge in [0.15, 0.2) is 24.8 Å². The van der Waals surface area contributed by atoms with Crippen molar-refractivity contribution in [3.8, 4) is 22.8 Å². The van der Waals surface area contributed by atoms with Crippen LogP contribution in [0.2, 0.25) is 0 Å². The van der Waals surface area contributed by atoms with Gasteiger partial charge in [-0.1, -0.05) is 57.7 Å². The summed E-state index contributed by atoms with van der Waals surface area (Å²) in [6.45, 7) is 2.28. The largest absolute Gasteiger partial charge is 0.756 e. The number of guanidine groups is 1. The Bertz CT molecular complexity index is 3350. The Morgan fingerprint density at radius 3 is 1.62 bits per heavy atom. The highest BCUT2D eigenvalue weighted by Crippen LogP contribution is 2.44. The summed E-state index contributed by atoms with van der Waals surface area (Å²) in [6.07, 6.45) is 1.21. The predicted molar refractivity (Wildman–Crippen MR) is 267 cm³/mol. The van der Waals surface area contributed by atoms with Crippen molar-refractivity contribution in [2.24, 2.45) is 11.5 Å². The number of carboxylic acids is 1. The Labute approximate surface area is 437 Å². The first-order valence-corrected chi connectivity index (χ1v) is 26.5. The van der Waals surface area contributed by atoms with E-state index in [0.717, 1.165) is 32.9 Å². The number of carbonyl (C=O) groups is 3. The molecule has 6 aromatic rings. The number of nitrogens with two attached hydrogens (primary N) is 2. The number of esters is 2. The van der Waals surface area contributed by atoms with Crippen molar-refractivity contribution >= 4 is 61.3 Å². The van der Waals surface area contributed by atoms with Crippen LogP contribution in [0.4, 0.5) is 0 Å². The SMILES string of the molecule is C.CC[C@@]1(OCOP(=O)(O)O)C(=O)OCc2c1cc1n(c2=O)Cc2cc3ccccc3nc2-1.CC[C@@]1(OCOP(=O)([O-])O)C(=O)OCc2c1cc1n(c2=O)Cc2cc3ccccc3nc2-1.NC(N)=[NH+]CCCC([NH3+])C(=O)[O-]. The second-order valence-corrected chi connectivity index (χ2v) is 20.2. The predicted octanol–water partition coefficient (Wildman–Crippen LogP) is -1.17. The minimum atomic E-state index is -5.07. The smallest absolute Gasteiger partial charge is 0.471 e. The molecule has 0 radical (unpaired) electrons. The van der Waals surface area contributed by atoms with Crippen LogP contribution < -0.4 is 43.3 Å². The van der Waals surface area contributed by atoms with Gasteiger partial charge in [0.05, 0.1) is 70.5 Å². The number of rotatable bonds is 15. The third-order valence-corrected chi connectivity index (χ3v) is 14.1. The fourth-order valence-electron chi connectivity index (χ4n) is 9.39. The lowest BCUT2D eigenvalue weighted by Crippen LogP contribution is -2.78. The number of fused-ring (bicyclic) bond motifs is 10. The molecule has 26 nitrogen and oxygen atoms in total. The van der Waals surface area contributed by atoms with Crippen LogP contribution in [0.5, 0.6) is 0 Å². The molecule has 11 N–H and O–H groups in total. The molecule has 0 saturated heterocycles. The molecule has 0 fully saturated rings. The zero-order valence-electron chi connectivity index (χ0n) is 40.8. The van der Waals surface area contributed by atoms with Gasteiger partial charge in [-0.15, -0.1) is 0 Å². The van der Waals surface area contributed by atoms with Gasteiger partial charge in [-0.3, -0.25) is 39.7 Å². The van der Waals surface area contributed by atoms with E-state index >= 15 is 0 Å². The lowest BCUT2D eigenvalue weighted by Gasteiger charge is -2.36. The molecular formula is C49H56N8O18P2. The van der Waals surface area contributed by atoms with Crippen molar-refractivity contribution in [1.29, 1.82) is 0 Å². The van der Waals surface area contributed by atoms with Crippen LogP contribution in [0.15, 0.2) is 82.4 Å². The van der Waals surface area contributed by atoms with Crippen molar-refractivity contribution in [2.45, 2.75) is 90.5 Å². The Kier molecular flexibility index (Phi) is 17.1. The molecule has 0 spiro atoms. The number of carboxylic acid groups (broad SMARTS) is 1. The fourth-order valence-corrected chi connectivity index (χ4v) is 9.77. The summed E-state index contributed by atoms with van der Waals surface area (Å²) >= 11 is 0. The molecule has 2 unspecified atom stereocenters. The summed E-state index contributed by atoms with van der Waals surface area (Å²) in [4.78, 5) is 112. The highest BCUT2D eigenvalue weighted by Gasteiger charge is 2.50. The number of cyclic esters (lactones) is 2. The number of nitrogens with zero attached hydrogens (tertiary/aromatic N) is 4. The molecule has 410 valence electrons. The Morgan fingerprint density at radius 1 is 0.779 bits per heavy atom. The van der Waals surface area contributed by atoms with Crippen LogP contribution in [-0.2, 0) is 89.0 Å². The zero-order valence-corrected chi connectivity index (χ0v) is 42.6. The average Bonchev–Trinajstić information content (AvgIpc) is 3.92. The van der Waals surface area contributed by atoms with Crippen LogP contribution in [0.1, 0.15) is 80.3 Å². The van der Waals surface area contributed by atoms with Gasteiger partial charge in [0.25, 0.3) is 18.9 Å². The molecular weight excluding hydrogens is 1050 g/mol. The van der Waals surface area contributed by atoms with E-state index in [1.54, 1.807) is 35.1 Å². The van der Waals surface area contributed by atoms with Gasteiger partial charge in [-0.05, 0) is 55.7 Å². The molecule has 4 atom stereocenters. The Morgan fingerprint density at radius 2 is 1.22 bits per heavy atom. The van der Waals surface area contributed by atoms with E-state index < -0.39 is 64.4 Å². The van der Waals surface area contributed by atoms with Crippen LogP contribution in [0.25, 0.3) is 44.6 Å². The quantitative estimate of drug-likeness (QED) is 0.0159. The topological polar surface area (TPSA) is 411 Å². The van der Waals surface area contributed by atoms with Gasteiger partial charge in [-0.2, -0.15) is 0 Å². The van der Waals surface area contributed by atoms with E-state index in [2.05, 4.69) is 19.8 Å². The van der Waals surface area contributed by atoms with E-state index in [4.69, 9.17) is 55.1 Å². The first-order valence-electron chi connectivity index (χ1n) is 23.5. The second-order valence-electron chi connectivity index (χ2n) is 17.8. The minimum absolute atomic E-state index is 0. The highest BCUT2D eigenvalue weighted by molar-refractivity contribution is 7.46. The van der Waals surface area contributed by atoms with Gasteiger partial charge in [-0.25, -0.2) is 24.1 Å². The monoisotopic (exact) mass is 1110 g/mol. The third kappa shape index (κ3) is 11.8. The molecule has 4 aliphatic rings. The van der Waals surface area contributed by atoms with Crippen LogP contribution in [0.3, 0.4) is 0 Å². The number of phosphoric acid groups is 2. The number of phosphoric ester groups is 2. The number of aromatic nitrogens is 4. The maximum atomic E-state index is 13.3. The Hall–Kier alpha value is -7.06. The number of pyridine rings is 4. The fraction of sp³-hybridized carbons (Fsp3) is 0.347. The molecule has 4 aliphatic heterocycles. The summed E-state index contributed by atoms with van der Waals surface area (Å²) < 4.78 is 55.3. The first kappa shape index (κ1) is 57.6. The molecule has 10 rings (SSSR count). The van der Waals surface area contributed by atoms with Crippen LogP contribution in [-0.4, -0.2) is 83.8 Å². The summed E-state index contributed by atoms with van der Waals surface area (Å²) in [6, 6.07) is 21.9. The number of hydrogen-bond donors (Lipinski definition) is 7. The third-order valence-electron chi connectivity index (χ3n) is 13.2. The number of ether oxygens (including phenoxy) is 4. The number of nitrogens with one attached hydrogen (secondary N) is 1. The molecule has 0 aliphatic carbocycles. The number of quaternary nitrogens is 1. The number of hydrogen-bond acceptors (Lipinski definition) is 17. The van der Waals surface area contributed by atoms with Gasteiger partial charge >= 0.3 is 25.7 Å². The average molecular weight is 1110 g/mol. The van der Waals surface area contributed by atoms with Gasteiger partial charge in [0.1, 0.15) is 19.3 Å². The van der Waals surface area contributed by atoms with E-state index in [0.29, 0.717) is 60.8 Å². The highest BCUT2D eigenvalue weighted by atomic mass is 31.2. The number of para-hydroxylation sites is 2. The Balaban J connectivity index is 0.000000184. The molecule has 77 heavy (non-hydrogen) atoms. The number of aliphatic carboxylic acids is 1. The molecule has 0 bridgehead atoms. The second kappa shape index (κ2) is 22.9. The standard InChI is InChI=1S/2C21H19N2O8P.C6H14N4O2.CH4/c2*1-2-21(30-11-31-32(26,27)28)15-8-17-18-13(7-12-5-3-4-6-16(12)22-18)9-23(17)19(24)14(15)10-29-20(21)25;7-4(5(11)12)2-1-3-10-6(8)9;/h2*3-8H,2,9-11H2,1H3,(H2,26,27,28);4H,1-3,7H2,(H,11,12)(H4,8,9,10);1H4/t2*21-;;/m00../s1. The van der Waals surface area contributed by atoms with Crippen molar-refractivity contribution in [1.82, 2.24) is 19.1 Å². The lowest BCUT2D eigenvalue weighted by atomic mass is 9.85. The summed E-state index contributed by atoms with van der Waals surface area (Å²) in [7, 11) is -9.89. The number of carbonyl (C=O) groups excluding carboxylic acids is 3. The maximum absolute atomic E-state index is 13.3. The zero-order chi connectivity index (χ0) is 54.9. The molecule has 28 heteroatoms. The molecule has 0 saturated carbocycles. The van der Waals surface area contributed by atoms with E-state index in [1.165, 1.54) is 0 Å². The number of benzene rings is 2. The lowest BCUT2D eigenvalue weighted by molar-refractivity contribution is -0.466. The first-order chi connectivity index (χ1) is 36.0. The summed E-state index contributed by atoms with van der Waals surface area (Å²) in [5, 5.41) is 12.1. The summed E-state index contributed by atoms with van der Waals surface area (Å²) in [5.41, 5.74) is 16.1.